The molecule has 3 aromatic rings. The lowest BCUT2D eigenvalue weighted by molar-refractivity contribution is 0.0775. The summed E-state index contributed by atoms with van der Waals surface area (Å²) >= 11 is 0. The SMILES string of the molecule is Cc1cc(C)n(-c2ccc(C(=O)N(C)Cc3ccco3)cc2)n1. The number of carbonyl (C=O) groups excluding carboxylic acids is 1. The summed E-state index contributed by atoms with van der Waals surface area (Å²) in [4.78, 5) is 14.1. The van der Waals surface area contributed by atoms with Crippen molar-refractivity contribution in [3.05, 3.63) is 71.4 Å². The smallest absolute Gasteiger partial charge is 0.254 e. The van der Waals surface area contributed by atoms with Crippen molar-refractivity contribution in [1.82, 2.24) is 14.7 Å². The van der Waals surface area contributed by atoms with Crippen LogP contribution < -0.4 is 0 Å². The maximum atomic E-state index is 12.5. The molecule has 5 nitrogen and oxygen atoms in total. The van der Waals surface area contributed by atoms with Gasteiger partial charge in [-0.3, -0.25) is 4.79 Å². The molecule has 0 aliphatic carbocycles. The monoisotopic (exact) mass is 309 g/mol. The molecule has 1 aromatic carbocycles. The van der Waals surface area contributed by atoms with Crippen molar-refractivity contribution >= 4 is 5.91 Å². The molecule has 3 rings (SSSR count). The van der Waals surface area contributed by atoms with Gasteiger partial charge in [-0.15, -0.1) is 0 Å². The Labute approximate surface area is 135 Å². The maximum Gasteiger partial charge on any atom is 0.254 e. The lowest BCUT2D eigenvalue weighted by atomic mass is 10.2. The van der Waals surface area contributed by atoms with E-state index >= 15 is 0 Å². The number of aryl methyl sites for hydroxylation is 2. The van der Waals surface area contributed by atoms with Crippen molar-refractivity contribution in [2.75, 3.05) is 7.05 Å². The van der Waals surface area contributed by atoms with Gasteiger partial charge in [0.1, 0.15) is 5.76 Å². The van der Waals surface area contributed by atoms with E-state index in [1.54, 1.807) is 18.2 Å². The van der Waals surface area contributed by atoms with Gasteiger partial charge in [0.25, 0.3) is 5.91 Å². The summed E-state index contributed by atoms with van der Waals surface area (Å²) in [5.74, 6) is 0.724. The Morgan fingerprint density at radius 3 is 2.52 bits per heavy atom. The van der Waals surface area contributed by atoms with Crippen molar-refractivity contribution < 1.29 is 9.21 Å². The molecule has 5 heteroatoms. The highest BCUT2D eigenvalue weighted by Gasteiger charge is 2.13. The Bertz CT molecular complexity index is 801. The van der Waals surface area contributed by atoms with Crippen molar-refractivity contribution in [3.8, 4) is 5.69 Å². The second-order valence-corrected chi connectivity index (χ2v) is 5.63. The second kappa shape index (κ2) is 6.12. The average Bonchev–Trinajstić information content (AvgIpc) is 3.16. The number of furan rings is 1. The van der Waals surface area contributed by atoms with Crippen molar-refractivity contribution in [2.45, 2.75) is 20.4 Å². The van der Waals surface area contributed by atoms with Gasteiger partial charge in [-0.2, -0.15) is 5.10 Å². The molecular weight excluding hydrogens is 290 g/mol. The minimum absolute atomic E-state index is 0.0404. The van der Waals surface area contributed by atoms with Gasteiger partial charge in [-0.1, -0.05) is 0 Å². The van der Waals surface area contributed by atoms with E-state index in [1.165, 1.54) is 0 Å². The largest absolute Gasteiger partial charge is 0.467 e. The molecule has 0 N–H and O–H groups in total. The van der Waals surface area contributed by atoms with E-state index in [1.807, 2.05) is 61.0 Å². The Morgan fingerprint density at radius 2 is 1.96 bits per heavy atom. The van der Waals surface area contributed by atoms with Gasteiger partial charge in [0.05, 0.1) is 24.2 Å². The lowest BCUT2D eigenvalue weighted by Crippen LogP contribution is -2.25. The lowest BCUT2D eigenvalue weighted by Gasteiger charge is -2.16. The second-order valence-electron chi connectivity index (χ2n) is 5.63. The Balaban J connectivity index is 1.76. The Kier molecular flexibility index (Phi) is 4.02. The predicted molar refractivity (Wildman–Crippen MR) is 87.5 cm³/mol. The summed E-state index contributed by atoms with van der Waals surface area (Å²) in [7, 11) is 1.76. The summed E-state index contributed by atoms with van der Waals surface area (Å²) in [5.41, 5.74) is 3.63. The molecule has 0 aliphatic heterocycles. The third-order valence-electron chi connectivity index (χ3n) is 3.69. The number of hydrogen-bond acceptors (Lipinski definition) is 3. The number of rotatable bonds is 4. The number of benzene rings is 1. The van der Waals surface area contributed by atoms with E-state index in [-0.39, 0.29) is 5.91 Å². The molecule has 0 saturated carbocycles. The molecule has 0 radical (unpaired) electrons. The quantitative estimate of drug-likeness (QED) is 0.742. The highest BCUT2D eigenvalue weighted by Crippen LogP contribution is 2.15. The summed E-state index contributed by atoms with van der Waals surface area (Å²) in [6.07, 6.45) is 1.61. The Morgan fingerprint density at radius 1 is 1.22 bits per heavy atom. The van der Waals surface area contributed by atoms with Crippen LogP contribution in [0.3, 0.4) is 0 Å². The Hall–Kier alpha value is -2.82. The van der Waals surface area contributed by atoms with Gasteiger partial charge in [-0.25, -0.2) is 4.68 Å². The zero-order chi connectivity index (χ0) is 16.4. The first kappa shape index (κ1) is 15.1. The topological polar surface area (TPSA) is 51.3 Å². The fraction of sp³-hybridized carbons (Fsp3) is 0.222. The predicted octanol–water partition coefficient (Wildman–Crippen LogP) is 3.35. The van der Waals surface area contributed by atoms with Crippen LogP contribution in [0.5, 0.6) is 0 Å². The molecule has 23 heavy (non-hydrogen) atoms. The highest BCUT2D eigenvalue weighted by atomic mass is 16.3. The highest BCUT2D eigenvalue weighted by molar-refractivity contribution is 5.94. The van der Waals surface area contributed by atoms with E-state index in [0.717, 1.165) is 22.8 Å². The average molecular weight is 309 g/mol. The molecular formula is C18H19N3O2. The first-order valence-electron chi connectivity index (χ1n) is 7.46. The zero-order valence-electron chi connectivity index (χ0n) is 13.5. The van der Waals surface area contributed by atoms with Gasteiger partial charge in [0.15, 0.2) is 0 Å². The first-order valence-corrected chi connectivity index (χ1v) is 7.46. The molecule has 2 aromatic heterocycles. The maximum absolute atomic E-state index is 12.5. The van der Waals surface area contributed by atoms with Crippen LogP contribution in [0.25, 0.3) is 5.69 Å². The van der Waals surface area contributed by atoms with Crippen LogP contribution in [0.15, 0.2) is 53.1 Å². The minimum atomic E-state index is -0.0404. The normalized spacial score (nSPS) is 10.7. The van der Waals surface area contributed by atoms with Gasteiger partial charge in [0, 0.05) is 18.3 Å². The number of nitrogens with zero attached hydrogens (tertiary/aromatic N) is 3. The molecule has 0 spiro atoms. The molecule has 0 bridgehead atoms. The van der Waals surface area contributed by atoms with E-state index in [2.05, 4.69) is 5.10 Å². The van der Waals surface area contributed by atoms with Crippen molar-refractivity contribution in [3.63, 3.8) is 0 Å². The summed E-state index contributed by atoms with van der Waals surface area (Å²) in [6, 6.07) is 13.2. The van der Waals surface area contributed by atoms with Crippen LogP contribution in [0.1, 0.15) is 27.5 Å². The van der Waals surface area contributed by atoms with E-state index in [9.17, 15) is 4.79 Å². The van der Waals surface area contributed by atoms with Gasteiger partial charge in [-0.05, 0) is 56.3 Å². The van der Waals surface area contributed by atoms with Crippen LogP contribution >= 0.6 is 0 Å². The van der Waals surface area contributed by atoms with E-state index in [4.69, 9.17) is 4.42 Å². The number of carbonyl (C=O) groups is 1. The number of aromatic nitrogens is 2. The van der Waals surface area contributed by atoms with E-state index in [0.29, 0.717) is 12.1 Å². The molecule has 0 aliphatic rings. The summed E-state index contributed by atoms with van der Waals surface area (Å²) in [6.45, 7) is 4.42. The van der Waals surface area contributed by atoms with Gasteiger partial charge < -0.3 is 9.32 Å². The molecule has 0 fully saturated rings. The van der Waals surface area contributed by atoms with Crippen LogP contribution in [-0.4, -0.2) is 27.6 Å². The molecule has 0 saturated heterocycles. The summed E-state index contributed by atoms with van der Waals surface area (Å²) < 4.78 is 7.15. The molecule has 118 valence electrons. The molecule has 2 heterocycles. The number of amides is 1. The van der Waals surface area contributed by atoms with Crippen LogP contribution in [-0.2, 0) is 6.54 Å². The molecule has 1 amide bonds. The van der Waals surface area contributed by atoms with Crippen molar-refractivity contribution in [2.24, 2.45) is 0 Å². The van der Waals surface area contributed by atoms with Gasteiger partial charge >= 0.3 is 0 Å². The van der Waals surface area contributed by atoms with Crippen LogP contribution in [0.4, 0.5) is 0 Å². The minimum Gasteiger partial charge on any atom is -0.467 e. The van der Waals surface area contributed by atoms with Crippen LogP contribution in [0.2, 0.25) is 0 Å². The summed E-state index contributed by atoms with van der Waals surface area (Å²) in [5, 5.41) is 4.45. The first-order chi connectivity index (χ1) is 11.0. The molecule has 0 unspecified atom stereocenters. The van der Waals surface area contributed by atoms with Crippen LogP contribution in [0, 0.1) is 13.8 Å². The fourth-order valence-corrected chi connectivity index (χ4v) is 2.56. The number of hydrogen-bond donors (Lipinski definition) is 0. The standard InChI is InChI=1S/C18H19N3O2/c1-13-11-14(2)21(19-13)16-8-6-15(7-9-16)18(22)20(3)12-17-5-4-10-23-17/h4-11H,12H2,1-3H3. The fourth-order valence-electron chi connectivity index (χ4n) is 2.56. The third kappa shape index (κ3) is 3.18. The van der Waals surface area contributed by atoms with E-state index < -0.39 is 0 Å². The zero-order valence-corrected chi connectivity index (χ0v) is 13.5. The van der Waals surface area contributed by atoms with Gasteiger partial charge in [0.2, 0.25) is 0 Å². The third-order valence-corrected chi connectivity index (χ3v) is 3.69. The van der Waals surface area contributed by atoms with Crippen molar-refractivity contribution in [1.29, 1.82) is 0 Å². The molecule has 0 atom stereocenters.